The Morgan fingerprint density at radius 1 is 1.14 bits per heavy atom. The molecule has 29 heavy (non-hydrogen) atoms. The lowest BCUT2D eigenvalue weighted by atomic mass is 10.1. The molecular weight excluding hydrogens is 390 g/mol. The predicted octanol–water partition coefficient (Wildman–Crippen LogP) is 4.82. The van der Waals surface area contributed by atoms with Gasteiger partial charge in [-0.25, -0.2) is 0 Å². The fourth-order valence-electron chi connectivity index (χ4n) is 2.87. The summed E-state index contributed by atoms with van der Waals surface area (Å²) in [6.45, 7) is 7.99. The minimum atomic E-state index is -0.154. The van der Waals surface area contributed by atoms with E-state index < -0.39 is 0 Å². The molecule has 0 saturated heterocycles. The summed E-state index contributed by atoms with van der Waals surface area (Å²) in [7, 11) is 0. The van der Waals surface area contributed by atoms with Crippen molar-refractivity contribution in [3.63, 3.8) is 0 Å². The number of aryl methyl sites for hydroxylation is 1. The van der Waals surface area contributed by atoms with Gasteiger partial charge in [-0.1, -0.05) is 35.9 Å². The fraction of sp³-hybridized carbons (Fsp3) is 0.318. The molecule has 0 atom stereocenters. The molecule has 2 aromatic carbocycles. The predicted molar refractivity (Wildman–Crippen MR) is 112 cm³/mol. The van der Waals surface area contributed by atoms with E-state index in [1.807, 2.05) is 64.1 Å². The third kappa shape index (κ3) is 4.95. The van der Waals surface area contributed by atoms with Crippen molar-refractivity contribution < 1.29 is 13.9 Å². The molecule has 1 aromatic heterocycles. The molecule has 0 aliphatic heterocycles. The Kier molecular flexibility index (Phi) is 6.54. The van der Waals surface area contributed by atoms with Crippen molar-refractivity contribution in [2.75, 3.05) is 6.61 Å². The summed E-state index contributed by atoms with van der Waals surface area (Å²) in [4.78, 5) is 14.4. The zero-order valence-electron chi connectivity index (χ0n) is 17.0. The summed E-state index contributed by atoms with van der Waals surface area (Å²) in [5.41, 5.74) is 2.81. The molecule has 0 bridgehead atoms. The van der Waals surface area contributed by atoms with Gasteiger partial charge < -0.3 is 14.1 Å². The first-order chi connectivity index (χ1) is 13.9. The van der Waals surface area contributed by atoms with Crippen molar-refractivity contribution in [3.05, 3.63) is 64.5 Å². The molecule has 1 amide bonds. The van der Waals surface area contributed by atoms with Gasteiger partial charge in [-0.3, -0.25) is 4.79 Å². The first-order valence-electron chi connectivity index (χ1n) is 9.42. The number of aromatic nitrogens is 2. The molecule has 0 unspecified atom stereocenters. The number of nitrogens with zero attached hydrogens (tertiary/aromatic N) is 3. The number of halogens is 1. The minimum Gasteiger partial charge on any atom is -0.483 e. The van der Waals surface area contributed by atoms with Gasteiger partial charge in [0, 0.05) is 6.04 Å². The highest BCUT2D eigenvalue weighted by Crippen LogP contribution is 2.26. The molecule has 3 rings (SSSR count). The third-order valence-corrected chi connectivity index (χ3v) is 5.06. The van der Waals surface area contributed by atoms with E-state index in [1.165, 1.54) is 0 Å². The Hall–Kier alpha value is -2.86. The molecule has 3 aromatic rings. The lowest BCUT2D eigenvalue weighted by Gasteiger charge is -2.25. The van der Waals surface area contributed by atoms with Crippen molar-refractivity contribution >= 4 is 17.5 Å². The minimum absolute atomic E-state index is 0.0552. The normalized spacial score (nSPS) is 11.0. The van der Waals surface area contributed by atoms with Crippen LogP contribution in [0.25, 0.3) is 11.5 Å². The molecule has 1 heterocycles. The van der Waals surface area contributed by atoms with Crippen molar-refractivity contribution in [2.45, 2.75) is 40.3 Å². The first-order valence-corrected chi connectivity index (χ1v) is 9.80. The zero-order chi connectivity index (χ0) is 21.0. The Balaban J connectivity index is 1.69. The Bertz CT molecular complexity index is 1000. The van der Waals surface area contributed by atoms with Crippen LogP contribution in [0.15, 0.2) is 46.9 Å². The fourth-order valence-corrected chi connectivity index (χ4v) is 3.08. The van der Waals surface area contributed by atoms with Crippen LogP contribution in [0.5, 0.6) is 5.75 Å². The van der Waals surface area contributed by atoms with Crippen LogP contribution in [-0.2, 0) is 11.3 Å². The number of carbonyl (C=O) groups is 1. The standard InChI is InChI=1S/C22H24ClN3O3/c1-14(2)26(21(27)13-28-19-11-7-8-15(3)16(19)4)12-20-24-25-22(29-20)17-9-5-6-10-18(17)23/h5-11,14H,12-13H2,1-4H3. The molecule has 0 spiro atoms. The van der Waals surface area contributed by atoms with Crippen molar-refractivity contribution in [3.8, 4) is 17.2 Å². The van der Waals surface area contributed by atoms with Gasteiger partial charge in [0.25, 0.3) is 5.91 Å². The Morgan fingerprint density at radius 3 is 2.62 bits per heavy atom. The lowest BCUT2D eigenvalue weighted by Crippen LogP contribution is -2.39. The molecule has 0 aliphatic carbocycles. The number of rotatable bonds is 7. The molecule has 0 fully saturated rings. The molecule has 152 valence electrons. The zero-order valence-corrected chi connectivity index (χ0v) is 17.7. The number of ether oxygens (including phenoxy) is 1. The Labute approximate surface area is 175 Å². The second kappa shape index (κ2) is 9.09. The first kappa shape index (κ1) is 20.9. The molecule has 7 heteroatoms. The van der Waals surface area contributed by atoms with E-state index in [9.17, 15) is 4.79 Å². The van der Waals surface area contributed by atoms with Gasteiger partial charge >= 0.3 is 0 Å². The van der Waals surface area contributed by atoms with E-state index in [0.717, 1.165) is 11.1 Å². The molecule has 0 saturated carbocycles. The van der Waals surface area contributed by atoms with Crippen molar-refractivity contribution in [1.82, 2.24) is 15.1 Å². The van der Waals surface area contributed by atoms with Crippen LogP contribution in [0.2, 0.25) is 5.02 Å². The maximum absolute atomic E-state index is 12.8. The van der Waals surface area contributed by atoms with Crippen LogP contribution in [0, 0.1) is 13.8 Å². The van der Waals surface area contributed by atoms with Gasteiger partial charge in [0.15, 0.2) is 6.61 Å². The second-order valence-corrected chi connectivity index (χ2v) is 7.49. The van der Waals surface area contributed by atoms with Crippen LogP contribution >= 0.6 is 11.6 Å². The maximum atomic E-state index is 12.8. The van der Waals surface area contributed by atoms with Gasteiger partial charge in [-0.15, -0.1) is 10.2 Å². The summed E-state index contributed by atoms with van der Waals surface area (Å²) in [5, 5.41) is 8.66. The van der Waals surface area contributed by atoms with Gasteiger partial charge in [-0.2, -0.15) is 0 Å². The summed E-state index contributed by atoms with van der Waals surface area (Å²) >= 11 is 6.19. The smallest absolute Gasteiger partial charge is 0.261 e. The highest BCUT2D eigenvalue weighted by molar-refractivity contribution is 6.33. The highest BCUT2D eigenvalue weighted by Gasteiger charge is 2.22. The van der Waals surface area contributed by atoms with Crippen molar-refractivity contribution in [1.29, 1.82) is 0 Å². The summed E-state index contributed by atoms with van der Waals surface area (Å²) in [6, 6.07) is 13.0. The average molecular weight is 414 g/mol. The quantitative estimate of drug-likeness (QED) is 0.555. The van der Waals surface area contributed by atoms with Gasteiger partial charge in [0.05, 0.1) is 17.1 Å². The van der Waals surface area contributed by atoms with Crippen LogP contribution in [0.3, 0.4) is 0 Å². The van der Waals surface area contributed by atoms with E-state index in [4.69, 9.17) is 20.8 Å². The maximum Gasteiger partial charge on any atom is 0.261 e. The SMILES string of the molecule is Cc1cccc(OCC(=O)N(Cc2nnc(-c3ccccc3Cl)o2)C(C)C)c1C. The van der Waals surface area contributed by atoms with Crippen LogP contribution in [0.4, 0.5) is 0 Å². The largest absolute Gasteiger partial charge is 0.483 e. The van der Waals surface area contributed by atoms with Gasteiger partial charge in [-0.05, 0) is 57.0 Å². The molecule has 0 radical (unpaired) electrons. The van der Waals surface area contributed by atoms with E-state index in [0.29, 0.717) is 28.1 Å². The number of benzene rings is 2. The van der Waals surface area contributed by atoms with Crippen molar-refractivity contribution in [2.24, 2.45) is 0 Å². The van der Waals surface area contributed by atoms with E-state index in [2.05, 4.69) is 10.2 Å². The van der Waals surface area contributed by atoms with Crippen LogP contribution < -0.4 is 4.74 Å². The summed E-state index contributed by atoms with van der Waals surface area (Å²) in [6.07, 6.45) is 0. The van der Waals surface area contributed by atoms with E-state index in [-0.39, 0.29) is 25.1 Å². The highest BCUT2D eigenvalue weighted by atomic mass is 35.5. The molecular formula is C22H24ClN3O3. The van der Waals surface area contributed by atoms with Gasteiger partial charge in [0.1, 0.15) is 5.75 Å². The second-order valence-electron chi connectivity index (χ2n) is 7.08. The number of hydrogen-bond donors (Lipinski definition) is 0. The Morgan fingerprint density at radius 2 is 1.90 bits per heavy atom. The monoisotopic (exact) mass is 413 g/mol. The number of carbonyl (C=O) groups excluding carboxylic acids is 1. The third-order valence-electron chi connectivity index (χ3n) is 4.73. The van der Waals surface area contributed by atoms with E-state index >= 15 is 0 Å². The van der Waals surface area contributed by atoms with Crippen LogP contribution in [0.1, 0.15) is 30.9 Å². The van der Waals surface area contributed by atoms with E-state index in [1.54, 1.807) is 11.0 Å². The van der Waals surface area contributed by atoms with Crippen LogP contribution in [-0.4, -0.2) is 33.7 Å². The summed E-state index contributed by atoms with van der Waals surface area (Å²) < 4.78 is 11.5. The molecule has 0 N–H and O–H groups in total. The lowest BCUT2D eigenvalue weighted by molar-refractivity contribution is -0.136. The molecule has 0 aliphatic rings. The molecule has 6 nitrogen and oxygen atoms in total. The average Bonchev–Trinajstić information content (AvgIpc) is 3.15. The number of hydrogen-bond acceptors (Lipinski definition) is 5. The summed E-state index contributed by atoms with van der Waals surface area (Å²) in [5.74, 6) is 1.22. The van der Waals surface area contributed by atoms with Gasteiger partial charge in [0.2, 0.25) is 11.8 Å². The number of amides is 1. The topological polar surface area (TPSA) is 68.5 Å².